The molecule has 2 rings (SSSR count). The van der Waals surface area contributed by atoms with E-state index in [1.165, 1.54) is 18.3 Å². The number of aromatic nitrogens is 2. The second-order valence-corrected chi connectivity index (χ2v) is 2.82. The van der Waals surface area contributed by atoms with E-state index in [0.29, 0.717) is 0 Å². The molecule has 0 fully saturated rings. The minimum Gasteiger partial charge on any atom is -0.432 e. The number of halogens is 1. The first-order valence-electron chi connectivity index (χ1n) is 4.27. The minimum atomic E-state index is -0.527. The highest BCUT2D eigenvalue weighted by Gasteiger charge is 2.08. The third-order valence-corrected chi connectivity index (χ3v) is 1.75. The zero-order valence-electron chi connectivity index (χ0n) is 7.72. The van der Waals surface area contributed by atoms with Crippen LogP contribution in [0.3, 0.4) is 0 Å². The fourth-order valence-corrected chi connectivity index (χ4v) is 1.08. The van der Waals surface area contributed by atoms with E-state index in [1.807, 2.05) is 0 Å². The van der Waals surface area contributed by atoms with E-state index in [-0.39, 0.29) is 17.3 Å². The summed E-state index contributed by atoms with van der Waals surface area (Å²) in [6.07, 6.45) is 1.50. The highest BCUT2D eigenvalue weighted by molar-refractivity contribution is 5.53. The molecule has 0 aliphatic heterocycles. The summed E-state index contributed by atoms with van der Waals surface area (Å²) in [5.41, 5.74) is 5.78. The summed E-state index contributed by atoms with van der Waals surface area (Å²) in [5, 5.41) is 7.26. The Labute approximate surface area is 85.5 Å². The number of anilines is 1. The lowest BCUT2D eigenvalue weighted by Crippen LogP contribution is -1.96. The highest BCUT2D eigenvalue weighted by Crippen LogP contribution is 2.28. The van der Waals surface area contributed by atoms with E-state index in [2.05, 4.69) is 10.2 Å². The van der Waals surface area contributed by atoms with Gasteiger partial charge in [-0.1, -0.05) is 6.07 Å². The Morgan fingerprint density at radius 2 is 2.07 bits per heavy atom. The maximum atomic E-state index is 13.3. The molecule has 0 aliphatic rings. The summed E-state index contributed by atoms with van der Waals surface area (Å²) in [6.45, 7) is 0. The van der Waals surface area contributed by atoms with Gasteiger partial charge in [0.2, 0.25) is 5.88 Å². The van der Waals surface area contributed by atoms with Crippen LogP contribution in [0.15, 0.2) is 36.5 Å². The molecule has 0 spiro atoms. The molecule has 5 heteroatoms. The summed E-state index contributed by atoms with van der Waals surface area (Å²) in [5.74, 6) is -0.354. The van der Waals surface area contributed by atoms with Crippen molar-refractivity contribution >= 4 is 5.69 Å². The van der Waals surface area contributed by atoms with Gasteiger partial charge in [0.15, 0.2) is 11.6 Å². The van der Waals surface area contributed by atoms with Crippen molar-refractivity contribution in [1.82, 2.24) is 10.2 Å². The predicted octanol–water partition coefficient (Wildman–Crippen LogP) is 1.99. The number of hydrogen-bond acceptors (Lipinski definition) is 4. The van der Waals surface area contributed by atoms with Crippen LogP contribution in [0.5, 0.6) is 11.6 Å². The third-order valence-electron chi connectivity index (χ3n) is 1.75. The Bertz CT molecular complexity index is 441. The van der Waals surface area contributed by atoms with Crippen molar-refractivity contribution in [2.45, 2.75) is 0 Å². The number of ether oxygens (including phenoxy) is 1. The van der Waals surface area contributed by atoms with Crippen molar-refractivity contribution in [2.75, 3.05) is 5.73 Å². The van der Waals surface area contributed by atoms with Gasteiger partial charge in [-0.3, -0.25) is 0 Å². The zero-order valence-corrected chi connectivity index (χ0v) is 7.72. The number of nitrogens with zero attached hydrogens (tertiary/aromatic N) is 2. The van der Waals surface area contributed by atoms with Crippen LogP contribution in [-0.4, -0.2) is 10.2 Å². The van der Waals surface area contributed by atoms with E-state index in [9.17, 15) is 4.39 Å². The van der Waals surface area contributed by atoms with E-state index in [4.69, 9.17) is 10.5 Å². The average Bonchev–Trinajstić information content (AvgIpc) is 2.25. The fourth-order valence-electron chi connectivity index (χ4n) is 1.08. The molecule has 0 radical (unpaired) electrons. The molecule has 0 amide bonds. The molecule has 1 aromatic heterocycles. The molecule has 0 unspecified atom stereocenters. The van der Waals surface area contributed by atoms with Gasteiger partial charge in [0.25, 0.3) is 0 Å². The molecule has 0 saturated heterocycles. The summed E-state index contributed by atoms with van der Waals surface area (Å²) in [6, 6.07) is 7.53. The Kier molecular flexibility index (Phi) is 2.45. The van der Waals surface area contributed by atoms with E-state index in [0.717, 1.165) is 0 Å². The molecule has 76 valence electrons. The molecule has 1 aromatic carbocycles. The van der Waals surface area contributed by atoms with Crippen LogP contribution in [0, 0.1) is 5.82 Å². The van der Waals surface area contributed by atoms with E-state index < -0.39 is 5.82 Å². The lowest BCUT2D eigenvalue weighted by molar-refractivity contribution is 0.424. The van der Waals surface area contributed by atoms with Crippen LogP contribution < -0.4 is 10.5 Å². The Morgan fingerprint density at radius 3 is 2.73 bits per heavy atom. The van der Waals surface area contributed by atoms with E-state index >= 15 is 0 Å². The summed E-state index contributed by atoms with van der Waals surface area (Å²) >= 11 is 0. The number of hydrogen-bond donors (Lipinski definition) is 1. The molecule has 15 heavy (non-hydrogen) atoms. The van der Waals surface area contributed by atoms with Gasteiger partial charge in [-0.25, -0.2) is 4.39 Å². The minimum absolute atomic E-state index is 0.0296. The quantitative estimate of drug-likeness (QED) is 0.761. The van der Waals surface area contributed by atoms with Gasteiger partial charge in [-0.2, -0.15) is 5.10 Å². The molecule has 2 aromatic rings. The largest absolute Gasteiger partial charge is 0.432 e. The first kappa shape index (κ1) is 9.39. The number of nitrogens with two attached hydrogens (primary N) is 1. The molecule has 0 aliphatic carbocycles. The van der Waals surface area contributed by atoms with Crippen molar-refractivity contribution in [3.8, 4) is 11.6 Å². The second-order valence-electron chi connectivity index (χ2n) is 2.82. The van der Waals surface area contributed by atoms with Gasteiger partial charge >= 0.3 is 0 Å². The lowest BCUT2D eigenvalue weighted by Gasteiger charge is -2.06. The molecule has 0 atom stereocenters. The molecule has 0 saturated carbocycles. The van der Waals surface area contributed by atoms with Crippen LogP contribution in [0.1, 0.15) is 0 Å². The van der Waals surface area contributed by atoms with Gasteiger partial charge in [0.1, 0.15) is 0 Å². The van der Waals surface area contributed by atoms with Gasteiger partial charge in [0, 0.05) is 12.3 Å². The molecule has 1 heterocycles. The lowest BCUT2D eigenvalue weighted by atomic mass is 10.3. The number of benzene rings is 1. The molecular formula is C10H8FN3O. The second kappa shape index (κ2) is 3.91. The van der Waals surface area contributed by atoms with Crippen molar-refractivity contribution < 1.29 is 9.13 Å². The normalized spacial score (nSPS) is 9.93. The number of rotatable bonds is 2. The van der Waals surface area contributed by atoms with Crippen LogP contribution in [-0.2, 0) is 0 Å². The Balaban J connectivity index is 2.32. The smallest absolute Gasteiger partial charge is 0.239 e. The molecule has 2 N–H and O–H groups in total. The first-order chi connectivity index (χ1) is 7.27. The summed E-state index contributed by atoms with van der Waals surface area (Å²) in [4.78, 5) is 0. The molecular weight excluding hydrogens is 197 g/mol. The molecule has 0 bridgehead atoms. The number of nitrogen functional groups attached to an aromatic ring is 1. The Hall–Kier alpha value is -2.17. The Morgan fingerprint density at radius 1 is 1.20 bits per heavy atom. The highest BCUT2D eigenvalue weighted by atomic mass is 19.1. The van der Waals surface area contributed by atoms with E-state index in [1.54, 1.807) is 18.2 Å². The fraction of sp³-hybridized carbons (Fsp3) is 0. The third kappa shape index (κ3) is 2.01. The molecule has 4 nitrogen and oxygen atoms in total. The van der Waals surface area contributed by atoms with Crippen LogP contribution in [0.2, 0.25) is 0 Å². The topological polar surface area (TPSA) is 61.0 Å². The summed E-state index contributed by atoms with van der Waals surface area (Å²) in [7, 11) is 0. The predicted molar refractivity (Wildman–Crippen MR) is 52.9 cm³/mol. The monoisotopic (exact) mass is 205 g/mol. The van der Waals surface area contributed by atoms with Gasteiger partial charge in [0.05, 0.1) is 5.69 Å². The maximum absolute atomic E-state index is 13.3. The van der Waals surface area contributed by atoms with Crippen molar-refractivity contribution in [2.24, 2.45) is 0 Å². The average molecular weight is 205 g/mol. The standard InChI is InChI=1S/C10H8FN3O/c11-7-3-1-4-8(12)10(7)15-9-5-2-6-13-14-9/h1-6H,12H2. The van der Waals surface area contributed by atoms with Crippen molar-refractivity contribution in [1.29, 1.82) is 0 Å². The number of para-hydroxylation sites is 1. The van der Waals surface area contributed by atoms with Crippen LogP contribution >= 0.6 is 0 Å². The van der Waals surface area contributed by atoms with Crippen molar-refractivity contribution in [3.05, 3.63) is 42.3 Å². The van der Waals surface area contributed by atoms with Crippen LogP contribution in [0.25, 0.3) is 0 Å². The summed E-state index contributed by atoms with van der Waals surface area (Å²) < 4.78 is 18.4. The maximum Gasteiger partial charge on any atom is 0.239 e. The first-order valence-corrected chi connectivity index (χ1v) is 4.27. The van der Waals surface area contributed by atoms with Crippen molar-refractivity contribution in [3.63, 3.8) is 0 Å². The SMILES string of the molecule is Nc1cccc(F)c1Oc1cccnn1. The van der Waals surface area contributed by atoms with Gasteiger partial charge in [-0.05, 0) is 18.2 Å². The van der Waals surface area contributed by atoms with Gasteiger partial charge in [-0.15, -0.1) is 5.10 Å². The van der Waals surface area contributed by atoms with Crippen LogP contribution in [0.4, 0.5) is 10.1 Å². The zero-order chi connectivity index (χ0) is 10.7. The van der Waals surface area contributed by atoms with Gasteiger partial charge < -0.3 is 10.5 Å².